The second kappa shape index (κ2) is 10.4. The van der Waals surface area contributed by atoms with Crippen molar-refractivity contribution >= 4 is 17.5 Å². The number of nitrogens with one attached hydrogen (secondary N) is 1. The van der Waals surface area contributed by atoms with Crippen LogP contribution in [0.4, 0.5) is 10.1 Å². The van der Waals surface area contributed by atoms with E-state index in [9.17, 15) is 14.0 Å². The maximum atomic E-state index is 13.0. The summed E-state index contributed by atoms with van der Waals surface area (Å²) >= 11 is 0. The Morgan fingerprint density at radius 1 is 0.931 bits per heavy atom. The molecule has 0 radical (unpaired) electrons. The Bertz CT molecular complexity index is 930. The van der Waals surface area contributed by atoms with Crippen LogP contribution in [0.3, 0.4) is 0 Å². The fourth-order valence-electron chi connectivity index (χ4n) is 3.30. The largest absolute Gasteiger partial charge is 0.356 e. The van der Waals surface area contributed by atoms with Gasteiger partial charge in [0.1, 0.15) is 0 Å². The highest BCUT2D eigenvalue weighted by Gasteiger charge is 2.20. The molecular weight excluding hydrogens is 366 g/mol. The molecule has 0 saturated heterocycles. The van der Waals surface area contributed by atoms with E-state index >= 15 is 0 Å². The quantitative estimate of drug-likeness (QED) is 0.547. The Kier molecular flexibility index (Phi) is 7.40. The van der Waals surface area contributed by atoms with Crippen LogP contribution >= 0.6 is 0 Å². The summed E-state index contributed by atoms with van der Waals surface area (Å²) in [5, 5.41) is 2.79. The van der Waals surface area contributed by atoms with Crippen molar-refractivity contribution in [3.63, 3.8) is 0 Å². The predicted molar refractivity (Wildman–Crippen MR) is 112 cm³/mol. The maximum Gasteiger partial charge on any atom is 0.229 e. The van der Waals surface area contributed by atoms with Gasteiger partial charge in [0, 0.05) is 30.5 Å². The third-order valence-electron chi connectivity index (χ3n) is 4.87. The number of anilines is 1. The van der Waals surface area contributed by atoms with Gasteiger partial charge in [-0.3, -0.25) is 14.0 Å². The average molecular weight is 391 g/mol. The van der Waals surface area contributed by atoms with Crippen molar-refractivity contribution in [1.82, 2.24) is 5.32 Å². The summed E-state index contributed by atoms with van der Waals surface area (Å²) in [6, 6.07) is 15.4. The van der Waals surface area contributed by atoms with Crippen LogP contribution in [0.2, 0.25) is 0 Å². The van der Waals surface area contributed by atoms with E-state index in [1.54, 1.807) is 4.90 Å². The molecule has 0 aliphatic carbocycles. The van der Waals surface area contributed by atoms with Gasteiger partial charge in [-0.2, -0.15) is 0 Å². The Balaban J connectivity index is 1.65. The number of alkyl halides is 1. The molecule has 0 aromatic heterocycles. The summed E-state index contributed by atoms with van der Waals surface area (Å²) in [6.45, 7) is 0.381. The van der Waals surface area contributed by atoms with Gasteiger partial charge in [-0.1, -0.05) is 48.6 Å². The number of hydrogen-bond donors (Lipinski definition) is 1. The molecule has 2 aromatic carbocycles. The number of benzene rings is 2. The number of unbranched alkanes of at least 4 members (excludes halogenated alkanes) is 2. The minimum Gasteiger partial charge on any atom is -0.356 e. The number of amides is 2. The molecule has 4 nitrogen and oxygen atoms in total. The molecule has 150 valence electrons. The minimum atomic E-state index is -0.346. The van der Waals surface area contributed by atoms with Crippen molar-refractivity contribution < 1.29 is 14.0 Å². The third kappa shape index (κ3) is 5.68. The van der Waals surface area contributed by atoms with Crippen LogP contribution in [0.15, 0.2) is 48.5 Å². The molecule has 0 bridgehead atoms. The van der Waals surface area contributed by atoms with Gasteiger partial charge in [-0.05, 0) is 36.6 Å². The molecule has 29 heavy (non-hydrogen) atoms. The molecule has 1 heterocycles. The standard InChI is InChI=1S/C24H25FN2O2/c25-16-7-1-2-12-23(28)26-17-15-24(29)27-18-21-10-4-3-8-19(21)13-14-20-9-5-6-11-22(20)27/h3-6,8-11H,1-2,7,12,15-18H2,(H,26,28)/i25-1. The fourth-order valence-corrected chi connectivity index (χ4v) is 3.30. The lowest BCUT2D eigenvalue weighted by atomic mass is 10.0. The molecule has 0 fully saturated rings. The molecule has 3 rings (SSSR count). The molecule has 0 saturated carbocycles. The molecule has 5 heteroatoms. The van der Waals surface area contributed by atoms with Crippen LogP contribution < -0.4 is 10.2 Å². The number of fused-ring (bicyclic) bond motifs is 2. The molecule has 2 amide bonds. The normalized spacial score (nSPS) is 12.0. The number of rotatable bonds is 8. The van der Waals surface area contributed by atoms with E-state index in [0.29, 0.717) is 32.2 Å². The van der Waals surface area contributed by atoms with Crippen LogP contribution in [0.25, 0.3) is 0 Å². The fraction of sp³-hybridized carbons (Fsp3) is 0.333. The van der Waals surface area contributed by atoms with Crippen molar-refractivity contribution in [3.8, 4) is 11.8 Å². The molecule has 0 unspecified atom stereocenters. The first kappa shape index (κ1) is 20.6. The van der Waals surface area contributed by atoms with Crippen LogP contribution in [0.1, 0.15) is 48.8 Å². The van der Waals surface area contributed by atoms with Crippen molar-refractivity contribution in [2.24, 2.45) is 0 Å². The lowest BCUT2D eigenvalue weighted by Gasteiger charge is -2.26. The summed E-state index contributed by atoms with van der Waals surface area (Å²) in [7, 11) is 0. The van der Waals surface area contributed by atoms with E-state index in [2.05, 4.69) is 17.2 Å². The zero-order chi connectivity index (χ0) is 20.5. The summed E-state index contributed by atoms with van der Waals surface area (Å²) in [5.41, 5.74) is 3.52. The van der Waals surface area contributed by atoms with Crippen LogP contribution in [-0.4, -0.2) is 25.0 Å². The van der Waals surface area contributed by atoms with Crippen molar-refractivity contribution in [3.05, 3.63) is 65.2 Å². The maximum absolute atomic E-state index is 13.0. The van der Waals surface area contributed by atoms with Gasteiger partial charge < -0.3 is 10.2 Å². The summed E-state index contributed by atoms with van der Waals surface area (Å²) < 4.78 is 12.1. The van der Waals surface area contributed by atoms with Gasteiger partial charge in [-0.15, -0.1) is 0 Å². The van der Waals surface area contributed by atoms with Gasteiger partial charge in [0.2, 0.25) is 11.8 Å². The Labute approximate surface area is 171 Å². The third-order valence-corrected chi connectivity index (χ3v) is 4.87. The van der Waals surface area contributed by atoms with Crippen LogP contribution in [-0.2, 0) is 16.1 Å². The molecule has 1 aliphatic rings. The smallest absolute Gasteiger partial charge is 0.229 e. The number of hydrogen-bond acceptors (Lipinski definition) is 2. The van der Waals surface area contributed by atoms with Crippen LogP contribution in [0.5, 0.6) is 0 Å². The lowest BCUT2D eigenvalue weighted by molar-refractivity contribution is -0.121. The van der Waals surface area contributed by atoms with E-state index in [0.717, 1.165) is 22.4 Å². The second-order valence-corrected chi connectivity index (χ2v) is 7.00. The summed E-state index contributed by atoms with van der Waals surface area (Å²) in [4.78, 5) is 26.6. The SMILES string of the molecule is O=C(CCCCC[18F])NCCC(=O)N1Cc2ccccc2C#Cc2ccccc21. The summed E-state index contributed by atoms with van der Waals surface area (Å²) in [6.07, 6.45) is 2.43. The van der Waals surface area contributed by atoms with Gasteiger partial charge in [0.25, 0.3) is 0 Å². The average Bonchev–Trinajstić information content (AvgIpc) is 2.73. The molecular formula is C24H25FN2O2. The summed E-state index contributed by atoms with van der Waals surface area (Å²) in [5.74, 6) is 6.21. The second-order valence-electron chi connectivity index (χ2n) is 7.00. The topological polar surface area (TPSA) is 49.4 Å². The van der Waals surface area contributed by atoms with Crippen LogP contribution in [0, 0.1) is 11.8 Å². The van der Waals surface area contributed by atoms with Crippen molar-refractivity contribution in [2.45, 2.75) is 38.6 Å². The number of nitrogens with zero attached hydrogens (tertiary/aromatic N) is 1. The molecule has 0 spiro atoms. The number of carbonyl (C=O) groups excluding carboxylic acids is 2. The first-order valence-electron chi connectivity index (χ1n) is 10.0. The van der Waals surface area contributed by atoms with Crippen molar-refractivity contribution in [1.29, 1.82) is 0 Å². The Hall–Kier alpha value is -3.13. The number of carbonyl (C=O) groups is 2. The van der Waals surface area contributed by atoms with E-state index in [1.807, 2.05) is 48.5 Å². The molecule has 0 atom stereocenters. The Morgan fingerprint density at radius 3 is 2.48 bits per heavy atom. The molecule has 2 aromatic rings. The first-order chi connectivity index (χ1) is 14.2. The lowest BCUT2D eigenvalue weighted by Crippen LogP contribution is -2.35. The van der Waals surface area contributed by atoms with Gasteiger partial charge in [-0.25, -0.2) is 0 Å². The van der Waals surface area contributed by atoms with Gasteiger partial charge >= 0.3 is 0 Å². The minimum absolute atomic E-state index is 0.0614. The Morgan fingerprint density at radius 2 is 1.66 bits per heavy atom. The number of para-hydroxylation sites is 1. The zero-order valence-electron chi connectivity index (χ0n) is 16.4. The molecule has 1 N–H and O–H groups in total. The molecule has 1 aliphatic heterocycles. The van der Waals surface area contributed by atoms with E-state index < -0.39 is 0 Å². The highest BCUT2D eigenvalue weighted by atomic mass is 18.2. The van der Waals surface area contributed by atoms with E-state index in [1.165, 1.54) is 0 Å². The highest BCUT2D eigenvalue weighted by Crippen LogP contribution is 2.25. The predicted octanol–water partition coefficient (Wildman–Crippen LogP) is 3.97. The highest BCUT2D eigenvalue weighted by molar-refractivity contribution is 5.95. The van der Waals surface area contributed by atoms with Gasteiger partial charge in [0.05, 0.1) is 18.9 Å². The number of halogens is 1. The zero-order valence-corrected chi connectivity index (χ0v) is 16.4. The van der Waals surface area contributed by atoms with Crippen molar-refractivity contribution in [2.75, 3.05) is 18.1 Å². The first-order valence-corrected chi connectivity index (χ1v) is 10.0. The van der Waals surface area contributed by atoms with E-state index in [4.69, 9.17) is 0 Å². The van der Waals surface area contributed by atoms with E-state index in [-0.39, 0.29) is 31.5 Å². The monoisotopic (exact) mass is 391 g/mol. The van der Waals surface area contributed by atoms with Gasteiger partial charge in [0.15, 0.2) is 0 Å².